The van der Waals surface area contributed by atoms with Gasteiger partial charge >= 0.3 is 17.9 Å². The van der Waals surface area contributed by atoms with Crippen molar-refractivity contribution >= 4 is 17.9 Å². The summed E-state index contributed by atoms with van der Waals surface area (Å²) in [5.74, 6) is -4.03. The fraction of sp³-hybridized carbons (Fsp3) is 0.625. The summed E-state index contributed by atoms with van der Waals surface area (Å²) in [4.78, 5) is 32.4. The second-order valence-corrected chi connectivity index (χ2v) is 3.32. The predicted octanol–water partition coefficient (Wildman–Crippen LogP) is -0.275. The maximum atomic E-state index is 11.1. The van der Waals surface area contributed by atoms with Crippen LogP contribution in [0.1, 0.15) is 12.8 Å². The Balaban J connectivity index is 2.77. The number of methoxy groups -OCH3 is 1. The van der Waals surface area contributed by atoms with Crippen LogP contribution in [0.25, 0.3) is 0 Å². The highest BCUT2D eigenvalue weighted by Gasteiger charge is 2.59. The van der Waals surface area contributed by atoms with E-state index in [0.29, 0.717) is 0 Å². The van der Waals surface area contributed by atoms with Crippen LogP contribution in [0.15, 0.2) is 0 Å². The van der Waals surface area contributed by atoms with Crippen LogP contribution in [-0.2, 0) is 19.1 Å². The molecular formula is C8H10O6. The van der Waals surface area contributed by atoms with Gasteiger partial charge in [0.1, 0.15) is 0 Å². The van der Waals surface area contributed by atoms with Crippen LogP contribution in [-0.4, -0.2) is 35.2 Å². The second-order valence-electron chi connectivity index (χ2n) is 3.32. The van der Waals surface area contributed by atoms with Gasteiger partial charge in [0, 0.05) is 0 Å². The van der Waals surface area contributed by atoms with E-state index in [4.69, 9.17) is 10.2 Å². The molecule has 1 saturated carbocycles. The lowest BCUT2D eigenvalue weighted by Crippen LogP contribution is -2.52. The molecule has 0 radical (unpaired) electrons. The first-order valence-corrected chi connectivity index (χ1v) is 3.98. The first kappa shape index (κ1) is 10.5. The van der Waals surface area contributed by atoms with E-state index in [1.807, 2.05) is 0 Å². The first-order chi connectivity index (χ1) is 6.44. The normalized spacial score (nSPS) is 30.2. The number of ether oxygens (including phenoxy) is 1. The number of carboxylic acid groups (broad SMARTS) is 2. The SMILES string of the molecule is COC(=O)C1(C(=O)O)CC(C(=O)O)C1. The molecule has 2 N–H and O–H groups in total. The molecule has 0 aliphatic heterocycles. The third-order valence-corrected chi connectivity index (χ3v) is 2.52. The van der Waals surface area contributed by atoms with Crippen LogP contribution in [0.3, 0.4) is 0 Å². The van der Waals surface area contributed by atoms with Crippen molar-refractivity contribution < 1.29 is 29.3 Å². The van der Waals surface area contributed by atoms with Gasteiger partial charge in [-0.1, -0.05) is 0 Å². The third kappa shape index (κ3) is 1.32. The Bertz CT molecular complexity index is 288. The summed E-state index contributed by atoms with van der Waals surface area (Å²) in [7, 11) is 1.08. The number of carbonyl (C=O) groups excluding carboxylic acids is 1. The van der Waals surface area contributed by atoms with Crippen molar-refractivity contribution in [2.75, 3.05) is 7.11 Å². The molecule has 6 nitrogen and oxygen atoms in total. The van der Waals surface area contributed by atoms with Gasteiger partial charge in [-0.05, 0) is 12.8 Å². The third-order valence-electron chi connectivity index (χ3n) is 2.52. The average Bonchev–Trinajstić information content (AvgIpc) is 2.00. The number of esters is 1. The van der Waals surface area contributed by atoms with Crippen LogP contribution in [0.2, 0.25) is 0 Å². The van der Waals surface area contributed by atoms with Crippen LogP contribution in [0, 0.1) is 11.3 Å². The zero-order valence-electron chi connectivity index (χ0n) is 7.52. The molecule has 0 heterocycles. The number of hydrogen-bond donors (Lipinski definition) is 2. The highest BCUT2D eigenvalue weighted by Crippen LogP contribution is 2.46. The van der Waals surface area contributed by atoms with Crippen LogP contribution >= 0.6 is 0 Å². The molecule has 0 spiro atoms. The monoisotopic (exact) mass is 202 g/mol. The Morgan fingerprint density at radius 2 is 1.79 bits per heavy atom. The number of rotatable bonds is 3. The van der Waals surface area contributed by atoms with Crippen molar-refractivity contribution in [3.63, 3.8) is 0 Å². The Morgan fingerprint density at radius 3 is 2.07 bits per heavy atom. The highest BCUT2D eigenvalue weighted by atomic mass is 16.5. The molecule has 0 atom stereocenters. The van der Waals surface area contributed by atoms with Gasteiger partial charge in [-0.25, -0.2) is 0 Å². The molecule has 0 saturated heterocycles. The Hall–Kier alpha value is -1.59. The molecule has 1 aliphatic rings. The van der Waals surface area contributed by atoms with E-state index in [1.165, 1.54) is 0 Å². The fourth-order valence-electron chi connectivity index (χ4n) is 1.58. The molecule has 0 bridgehead atoms. The Labute approximate surface area is 79.5 Å². The molecule has 6 heteroatoms. The van der Waals surface area contributed by atoms with Gasteiger partial charge in [0.25, 0.3) is 0 Å². The molecule has 0 unspecified atom stereocenters. The molecule has 1 rings (SSSR count). The average molecular weight is 202 g/mol. The predicted molar refractivity (Wildman–Crippen MR) is 42.4 cm³/mol. The minimum atomic E-state index is -1.64. The van der Waals surface area contributed by atoms with E-state index in [-0.39, 0.29) is 12.8 Å². The summed E-state index contributed by atoms with van der Waals surface area (Å²) in [5, 5.41) is 17.3. The molecule has 0 aromatic rings. The summed E-state index contributed by atoms with van der Waals surface area (Å²) in [5.41, 5.74) is -1.64. The van der Waals surface area contributed by atoms with E-state index >= 15 is 0 Å². The van der Waals surface area contributed by atoms with Crippen molar-refractivity contribution in [3.8, 4) is 0 Å². The lowest BCUT2D eigenvalue weighted by molar-refractivity contribution is -0.181. The van der Waals surface area contributed by atoms with Gasteiger partial charge in [0.05, 0.1) is 13.0 Å². The van der Waals surface area contributed by atoms with Gasteiger partial charge in [-0.3, -0.25) is 14.4 Å². The van der Waals surface area contributed by atoms with Gasteiger partial charge < -0.3 is 14.9 Å². The van der Waals surface area contributed by atoms with Crippen molar-refractivity contribution in [1.82, 2.24) is 0 Å². The topological polar surface area (TPSA) is 101 Å². The minimum absolute atomic E-state index is 0.190. The van der Waals surface area contributed by atoms with Crippen molar-refractivity contribution in [1.29, 1.82) is 0 Å². The molecule has 1 fully saturated rings. The van der Waals surface area contributed by atoms with Gasteiger partial charge in [-0.2, -0.15) is 0 Å². The van der Waals surface area contributed by atoms with Crippen molar-refractivity contribution in [3.05, 3.63) is 0 Å². The summed E-state index contributed by atoms with van der Waals surface area (Å²) in [6.45, 7) is 0. The number of carbonyl (C=O) groups is 3. The minimum Gasteiger partial charge on any atom is -0.481 e. The molecular weight excluding hydrogens is 192 g/mol. The summed E-state index contributed by atoms with van der Waals surface area (Å²) in [6, 6.07) is 0. The molecule has 14 heavy (non-hydrogen) atoms. The summed E-state index contributed by atoms with van der Waals surface area (Å²) < 4.78 is 4.33. The van der Waals surface area contributed by atoms with E-state index in [2.05, 4.69) is 4.74 Å². The van der Waals surface area contributed by atoms with E-state index < -0.39 is 29.2 Å². The number of aliphatic carboxylic acids is 2. The van der Waals surface area contributed by atoms with Gasteiger partial charge in [0.15, 0.2) is 5.41 Å². The van der Waals surface area contributed by atoms with Gasteiger partial charge in [-0.15, -0.1) is 0 Å². The largest absolute Gasteiger partial charge is 0.481 e. The van der Waals surface area contributed by atoms with E-state index in [9.17, 15) is 14.4 Å². The molecule has 0 aromatic carbocycles. The van der Waals surface area contributed by atoms with Crippen LogP contribution in [0.5, 0.6) is 0 Å². The van der Waals surface area contributed by atoms with E-state index in [1.54, 1.807) is 0 Å². The maximum absolute atomic E-state index is 11.1. The standard InChI is InChI=1S/C8H10O6/c1-14-7(13)8(6(11)12)2-4(3-8)5(9)10/h4H,2-3H2,1H3,(H,9,10)(H,11,12). The highest BCUT2D eigenvalue weighted by molar-refractivity contribution is 6.01. The molecule has 1 aliphatic carbocycles. The fourth-order valence-corrected chi connectivity index (χ4v) is 1.58. The molecule has 0 amide bonds. The Kier molecular flexibility index (Phi) is 2.46. The lowest BCUT2D eigenvalue weighted by atomic mass is 9.62. The van der Waals surface area contributed by atoms with Crippen molar-refractivity contribution in [2.45, 2.75) is 12.8 Å². The van der Waals surface area contributed by atoms with Crippen molar-refractivity contribution in [2.24, 2.45) is 11.3 Å². The lowest BCUT2D eigenvalue weighted by Gasteiger charge is -2.39. The quantitative estimate of drug-likeness (QED) is 0.482. The Morgan fingerprint density at radius 1 is 1.29 bits per heavy atom. The second kappa shape index (κ2) is 3.28. The van der Waals surface area contributed by atoms with Crippen LogP contribution < -0.4 is 0 Å². The van der Waals surface area contributed by atoms with Gasteiger partial charge in [0.2, 0.25) is 0 Å². The van der Waals surface area contributed by atoms with Crippen LogP contribution in [0.4, 0.5) is 0 Å². The zero-order valence-corrected chi connectivity index (χ0v) is 7.52. The van der Waals surface area contributed by atoms with E-state index in [0.717, 1.165) is 7.11 Å². The molecule has 78 valence electrons. The maximum Gasteiger partial charge on any atom is 0.323 e. The molecule has 0 aromatic heterocycles. The number of hydrogen-bond acceptors (Lipinski definition) is 4. The smallest absolute Gasteiger partial charge is 0.323 e. The summed E-state index contributed by atoms with van der Waals surface area (Å²) in [6.07, 6.45) is -0.380. The zero-order chi connectivity index (χ0) is 10.9. The summed E-state index contributed by atoms with van der Waals surface area (Å²) >= 11 is 0. The first-order valence-electron chi connectivity index (χ1n) is 3.98. The number of carboxylic acids is 2.